The van der Waals surface area contributed by atoms with Gasteiger partial charge >= 0.3 is 0 Å². The highest BCUT2D eigenvalue weighted by Crippen LogP contribution is 2.29. The number of rotatable bonds is 5. The van der Waals surface area contributed by atoms with Crippen LogP contribution in [-0.4, -0.2) is 27.4 Å². The maximum absolute atomic E-state index is 13.5. The molecule has 1 aromatic heterocycles. The summed E-state index contributed by atoms with van der Waals surface area (Å²) in [6.45, 7) is 3.88. The number of carbonyl (C=O) groups excluding carboxylic acids is 3. The molecule has 0 radical (unpaired) electrons. The van der Waals surface area contributed by atoms with Crippen molar-refractivity contribution in [3.8, 4) is 0 Å². The summed E-state index contributed by atoms with van der Waals surface area (Å²) in [5.41, 5.74) is 4.44. The highest BCUT2D eigenvalue weighted by Gasteiger charge is 2.35. The molecule has 3 aromatic carbocycles. The number of benzene rings is 3. The van der Waals surface area contributed by atoms with E-state index < -0.39 is 11.8 Å². The van der Waals surface area contributed by atoms with Crippen LogP contribution in [0.4, 0.5) is 11.4 Å². The Morgan fingerprint density at radius 1 is 1.05 bits per heavy atom. The Balaban J connectivity index is 1.48. The van der Waals surface area contributed by atoms with E-state index in [1.807, 2.05) is 62.4 Å². The quantitative estimate of drug-likeness (QED) is 0.201. The summed E-state index contributed by atoms with van der Waals surface area (Å²) in [5.74, 6) is -1.36. The molecule has 2 heterocycles. The molecule has 1 aliphatic rings. The van der Waals surface area contributed by atoms with Gasteiger partial charge in [0.25, 0.3) is 11.8 Å². The lowest BCUT2D eigenvalue weighted by atomic mass is 10.1. The van der Waals surface area contributed by atoms with Crippen LogP contribution in [0.15, 0.2) is 78.5 Å². The highest BCUT2D eigenvalue weighted by molar-refractivity contribution is 7.80. The average Bonchev–Trinajstić information content (AvgIpc) is 3.22. The van der Waals surface area contributed by atoms with E-state index in [1.54, 1.807) is 29.0 Å². The number of halogens is 1. The number of fused-ring (bicyclic) bond motifs is 1. The third-order valence-corrected chi connectivity index (χ3v) is 6.98. The van der Waals surface area contributed by atoms with Crippen molar-refractivity contribution in [2.24, 2.45) is 0 Å². The molecule has 7 nitrogen and oxygen atoms in total. The first-order valence-electron chi connectivity index (χ1n) is 11.8. The number of para-hydroxylation sites is 1. The Hall–Kier alpha value is -4.27. The molecule has 1 fully saturated rings. The molecule has 0 unspecified atom stereocenters. The van der Waals surface area contributed by atoms with Crippen LogP contribution >= 0.6 is 23.8 Å². The summed E-state index contributed by atoms with van der Waals surface area (Å²) in [5, 5.41) is 6.75. The molecule has 4 aromatic rings. The lowest BCUT2D eigenvalue weighted by molar-refractivity contribution is -0.122. The third kappa shape index (κ3) is 4.96. The topological polar surface area (TPSA) is 83.4 Å². The van der Waals surface area contributed by atoms with Crippen molar-refractivity contribution in [3.05, 3.63) is 100 Å². The Morgan fingerprint density at radius 2 is 1.79 bits per heavy atom. The second-order valence-corrected chi connectivity index (χ2v) is 9.83. The van der Waals surface area contributed by atoms with Crippen LogP contribution in [0.5, 0.6) is 0 Å². The lowest BCUT2D eigenvalue weighted by Crippen LogP contribution is -2.54. The molecule has 1 aliphatic heterocycles. The highest BCUT2D eigenvalue weighted by atomic mass is 35.5. The van der Waals surface area contributed by atoms with Crippen molar-refractivity contribution >= 4 is 75.0 Å². The van der Waals surface area contributed by atoms with Crippen LogP contribution < -0.4 is 15.5 Å². The summed E-state index contributed by atoms with van der Waals surface area (Å²) in [7, 11) is 0. The van der Waals surface area contributed by atoms with Crippen molar-refractivity contribution < 1.29 is 14.4 Å². The van der Waals surface area contributed by atoms with Crippen molar-refractivity contribution in [2.75, 3.05) is 10.2 Å². The minimum atomic E-state index is -0.594. The molecule has 0 bridgehead atoms. The molecule has 3 amide bonds. The Morgan fingerprint density at radius 3 is 2.53 bits per heavy atom. The smallest absolute Gasteiger partial charge is 0.270 e. The van der Waals surface area contributed by atoms with E-state index in [9.17, 15) is 14.4 Å². The Labute approximate surface area is 229 Å². The predicted octanol–water partition coefficient (Wildman–Crippen LogP) is 5.38. The summed E-state index contributed by atoms with van der Waals surface area (Å²) in [4.78, 5) is 40.4. The molecule has 1 saturated heterocycles. The molecule has 2 N–H and O–H groups in total. The number of aromatic nitrogens is 1. The Bertz CT molecular complexity index is 1660. The second-order valence-electron chi connectivity index (χ2n) is 9.04. The fraction of sp³-hybridized carbons (Fsp3) is 0.103. The van der Waals surface area contributed by atoms with Gasteiger partial charge in [-0.3, -0.25) is 24.6 Å². The van der Waals surface area contributed by atoms with E-state index in [2.05, 4.69) is 10.6 Å². The summed E-state index contributed by atoms with van der Waals surface area (Å²) < 4.78 is 1.79. The van der Waals surface area contributed by atoms with Gasteiger partial charge in [-0.1, -0.05) is 53.6 Å². The number of nitrogens with one attached hydrogen (secondary N) is 2. The van der Waals surface area contributed by atoms with Gasteiger partial charge in [-0.15, -0.1) is 0 Å². The van der Waals surface area contributed by atoms with Gasteiger partial charge in [-0.25, -0.2) is 0 Å². The van der Waals surface area contributed by atoms with Gasteiger partial charge in [-0.05, 0) is 68.0 Å². The minimum absolute atomic E-state index is 0.0210. The largest absolute Gasteiger partial charge is 0.337 e. The van der Waals surface area contributed by atoms with Crippen LogP contribution in [0, 0.1) is 13.8 Å². The van der Waals surface area contributed by atoms with E-state index in [-0.39, 0.29) is 23.1 Å². The van der Waals surface area contributed by atoms with Crippen molar-refractivity contribution in [1.82, 2.24) is 9.88 Å². The van der Waals surface area contributed by atoms with E-state index in [1.165, 1.54) is 11.0 Å². The fourth-order valence-corrected chi connectivity index (χ4v) is 4.74. The molecule has 5 rings (SSSR count). The zero-order valence-electron chi connectivity index (χ0n) is 20.6. The van der Waals surface area contributed by atoms with Gasteiger partial charge in [-0.2, -0.15) is 0 Å². The van der Waals surface area contributed by atoms with Gasteiger partial charge in [0.05, 0.1) is 5.69 Å². The molecule has 0 saturated carbocycles. The lowest BCUT2D eigenvalue weighted by Gasteiger charge is -2.29. The van der Waals surface area contributed by atoms with Gasteiger partial charge in [0, 0.05) is 33.4 Å². The zero-order chi connectivity index (χ0) is 27.0. The van der Waals surface area contributed by atoms with Crippen LogP contribution in [-0.2, 0) is 20.9 Å². The number of hydrogen-bond donors (Lipinski definition) is 2. The number of anilines is 2. The standard InChI is InChI=1S/C29H23ClN4O3S/c1-17-7-10-20(11-8-17)31-26(35)16-33-15-19(22-5-3-4-6-25(22)33)13-23-27(36)32-29(38)34(28(23)37)21-12-9-18(2)24(30)14-21/h3-15H,16H2,1-2H3,(H,31,35)(H,32,36,38)/b23-13+. The number of carbonyl (C=O) groups is 3. The van der Waals surface area contributed by atoms with E-state index in [4.69, 9.17) is 23.8 Å². The molecule has 0 atom stereocenters. The summed E-state index contributed by atoms with van der Waals surface area (Å²) >= 11 is 11.6. The maximum Gasteiger partial charge on any atom is 0.270 e. The first-order chi connectivity index (χ1) is 18.2. The summed E-state index contributed by atoms with van der Waals surface area (Å²) in [6, 6.07) is 20.2. The first-order valence-corrected chi connectivity index (χ1v) is 12.6. The molecule has 0 aliphatic carbocycles. The molecule has 0 spiro atoms. The molecule has 9 heteroatoms. The normalized spacial score (nSPS) is 14.8. The van der Waals surface area contributed by atoms with E-state index in [0.717, 1.165) is 22.0 Å². The van der Waals surface area contributed by atoms with E-state index >= 15 is 0 Å². The maximum atomic E-state index is 13.5. The number of aryl methyl sites for hydroxylation is 2. The average molecular weight is 543 g/mol. The predicted molar refractivity (Wildman–Crippen MR) is 154 cm³/mol. The number of amides is 3. The van der Waals surface area contributed by atoms with Gasteiger partial charge in [0.1, 0.15) is 12.1 Å². The first kappa shape index (κ1) is 25.4. The minimum Gasteiger partial charge on any atom is -0.337 e. The Kier molecular flexibility index (Phi) is 6.84. The fourth-order valence-electron chi connectivity index (χ4n) is 4.28. The van der Waals surface area contributed by atoms with Crippen LogP contribution in [0.2, 0.25) is 5.02 Å². The third-order valence-electron chi connectivity index (χ3n) is 6.28. The second kappa shape index (κ2) is 10.2. The van der Waals surface area contributed by atoms with E-state index in [0.29, 0.717) is 22.0 Å². The van der Waals surface area contributed by atoms with Crippen molar-refractivity contribution in [1.29, 1.82) is 0 Å². The van der Waals surface area contributed by atoms with Crippen LogP contribution in [0.25, 0.3) is 17.0 Å². The van der Waals surface area contributed by atoms with Crippen LogP contribution in [0.3, 0.4) is 0 Å². The van der Waals surface area contributed by atoms with Gasteiger partial charge in [0.15, 0.2) is 5.11 Å². The number of nitrogens with zero attached hydrogens (tertiary/aromatic N) is 2. The van der Waals surface area contributed by atoms with Gasteiger partial charge < -0.3 is 9.88 Å². The van der Waals surface area contributed by atoms with Crippen molar-refractivity contribution in [2.45, 2.75) is 20.4 Å². The molecular formula is C29H23ClN4O3S. The zero-order valence-corrected chi connectivity index (χ0v) is 22.2. The van der Waals surface area contributed by atoms with Crippen LogP contribution in [0.1, 0.15) is 16.7 Å². The van der Waals surface area contributed by atoms with Crippen molar-refractivity contribution in [3.63, 3.8) is 0 Å². The molecule has 190 valence electrons. The number of thiocarbonyl (C=S) groups is 1. The molecule has 38 heavy (non-hydrogen) atoms. The SMILES string of the molecule is Cc1ccc(NC(=O)Cn2cc(/C=C3\C(=O)NC(=S)N(c4ccc(C)c(Cl)c4)C3=O)c3ccccc32)cc1. The van der Waals surface area contributed by atoms with Gasteiger partial charge in [0.2, 0.25) is 5.91 Å². The summed E-state index contributed by atoms with van der Waals surface area (Å²) in [6.07, 6.45) is 3.28. The number of hydrogen-bond acceptors (Lipinski definition) is 4. The molecular weight excluding hydrogens is 520 g/mol. The monoisotopic (exact) mass is 542 g/mol.